The highest BCUT2D eigenvalue weighted by Gasteiger charge is 2.29. The second-order valence-electron chi connectivity index (χ2n) is 4.03. The van der Waals surface area contributed by atoms with Gasteiger partial charge in [-0.1, -0.05) is 0 Å². The minimum atomic E-state index is -1.32. The quantitative estimate of drug-likeness (QED) is 0.593. The van der Waals surface area contributed by atoms with E-state index in [1.807, 2.05) is 0 Å². The summed E-state index contributed by atoms with van der Waals surface area (Å²) in [5, 5.41) is 12.3. The Morgan fingerprint density at radius 2 is 1.93 bits per heavy atom. The number of Topliss-reactive ketones (excluding diaryl/α,β-unsaturated/α-hetero) is 1. The van der Waals surface area contributed by atoms with E-state index < -0.39 is 5.60 Å². The van der Waals surface area contributed by atoms with E-state index in [9.17, 15) is 14.7 Å². The molecule has 1 atom stereocenters. The number of rotatable bonds is 0. The van der Waals surface area contributed by atoms with Crippen molar-refractivity contribution in [2.24, 2.45) is 0 Å². The Kier molecular flexibility index (Phi) is 3.63. The van der Waals surface area contributed by atoms with Crippen LogP contribution in [0.2, 0.25) is 0 Å². The van der Waals surface area contributed by atoms with Crippen LogP contribution in [0.3, 0.4) is 0 Å². The molecular formula is C10H17NO3. The number of hydrogen-bond acceptors (Lipinski definition) is 3. The Bertz CT molecular complexity index is 236. The summed E-state index contributed by atoms with van der Waals surface area (Å²) in [6, 6.07) is 0. The highest BCUT2D eigenvalue weighted by atomic mass is 16.3. The molecule has 2 N–H and O–H groups in total. The number of amides is 1. The van der Waals surface area contributed by atoms with Gasteiger partial charge in [0.2, 0.25) is 0 Å². The van der Waals surface area contributed by atoms with Crippen LogP contribution in [0.25, 0.3) is 0 Å². The molecule has 0 aliphatic carbocycles. The van der Waals surface area contributed by atoms with Crippen molar-refractivity contribution in [1.29, 1.82) is 0 Å². The van der Waals surface area contributed by atoms with Crippen molar-refractivity contribution in [2.45, 2.75) is 44.6 Å². The SMILES string of the molecule is CC1(O)CCCC(=O)CCCNC1=O. The van der Waals surface area contributed by atoms with Gasteiger partial charge in [0.15, 0.2) is 0 Å². The van der Waals surface area contributed by atoms with Crippen LogP contribution in [0.1, 0.15) is 39.0 Å². The molecule has 1 unspecified atom stereocenters. The molecule has 1 aliphatic rings. The second-order valence-corrected chi connectivity index (χ2v) is 4.03. The first-order valence-corrected chi connectivity index (χ1v) is 5.05. The van der Waals surface area contributed by atoms with E-state index in [2.05, 4.69) is 5.32 Å². The standard InChI is InChI=1S/C10H17NO3/c1-10(14)6-2-4-8(12)5-3-7-11-9(10)13/h14H,2-7H2,1H3,(H,11,13). The first-order valence-electron chi connectivity index (χ1n) is 5.05. The third-order valence-corrected chi connectivity index (χ3v) is 2.53. The first kappa shape index (κ1) is 11.2. The molecule has 4 nitrogen and oxygen atoms in total. The van der Waals surface area contributed by atoms with Crippen molar-refractivity contribution < 1.29 is 14.7 Å². The third kappa shape index (κ3) is 3.10. The highest BCUT2D eigenvalue weighted by Crippen LogP contribution is 2.15. The topological polar surface area (TPSA) is 66.4 Å². The minimum Gasteiger partial charge on any atom is -0.380 e. The Labute approximate surface area is 83.7 Å². The summed E-state index contributed by atoms with van der Waals surface area (Å²) >= 11 is 0. The molecule has 0 aromatic carbocycles. The second kappa shape index (κ2) is 4.55. The number of ketones is 1. The van der Waals surface area contributed by atoms with Crippen LogP contribution in [0, 0.1) is 0 Å². The van der Waals surface area contributed by atoms with Crippen LogP contribution in [0.4, 0.5) is 0 Å². The number of nitrogens with one attached hydrogen (secondary N) is 1. The monoisotopic (exact) mass is 199 g/mol. The summed E-state index contributed by atoms with van der Waals surface area (Å²) in [4.78, 5) is 22.6. The van der Waals surface area contributed by atoms with Gasteiger partial charge in [0.1, 0.15) is 11.4 Å². The molecule has 80 valence electrons. The average Bonchev–Trinajstić information content (AvgIpc) is 2.10. The van der Waals surface area contributed by atoms with Crippen LogP contribution in [-0.2, 0) is 9.59 Å². The largest absolute Gasteiger partial charge is 0.380 e. The van der Waals surface area contributed by atoms with Crippen molar-refractivity contribution in [3.8, 4) is 0 Å². The molecule has 1 amide bonds. The maximum Gasteiger partial charge on any atom is 0.251 e. The van der Waals surface area contributed by atoms with Crippen molar-refractivity contribution in [1.82, 2.24) is 5.32 Å². The lowest BCUT2D eigenvalue weighted by atomic mass is 9.95. The normalized spacial score (nSPS) is 31.0. The predicted molar refractivity (Wildman–Crippen MR) is 51.7 cm³/mol. The van der Waals surface area contributed by atoms with E-state index in [1.54, 1.807) is 0 Å². The Balaban J connectivity index is 2.56. The summed E-state index contributed by atoms with van der Waals surface area (Å²) < 4.78 is 0. The van der Waals surface area contributed by atoms with E-state index >= 15 is 0 Å². The minimum absolute atomic E-state index is 0.219. The van der Waals surface area contributed by atoms with Crippen molar-refractivity contribution in [3.63, 3.8) is 0 Å². The van der Waals surface area contributed by atoms with Gasteiger partial charge in [-0.15, -0.1) is 0 Å². The summed E-state index contributed by atoms with van der Waals surface area (Å²) in [7, 11) is 0. The third-order valence-electron chi connectivity index (χ3n) is 2.53. The van der Waals surface area contributed by atoms with Gasteiger partial charge < -0.3 is 10.4 Å². The molecule has 0 radical (unpaired) electrons. The van der Waals surface area contributed by atoms with Gasteiger partial charge in [0.25, 0.3) is 5.91 Å². The van der Waals surface area contributed by atoms with E-state index in [4.69, 9.17) is 0 Å². The Hall–Kier alpha value is -0.900. The lowest BCUT2D eigenvalue weighted by molar-refractivity contribution is -0.139. The first-order chi connectivity index (χ1) is 6.52. The molecule has 1 fully saturated rings. The molecule has 0 saturated carbocycles. The van der Waals surface area contributed by atoms with Gasteiger partial charge in [-0.25, -0.2) is 0 Å². The fraction of sp³-hybridized carbons (Fsp3) is 0.800. The zero-order chi connectivity index (χ0) is 10.6. The molecule has 1 heterocycles. The van der Waals surface area contributed by atoms with Crippen molar-refractivity contribution in [2.75, 3.05) is 6.54 Å². The lowest BCUT2D eigenvalue weighted by Crippen LogP contribution is -2.45. The van der Waals surface area contributed by atoms with Gasteiger partial charge in [0, 0.05) is 19.4 Å². The van der Waals surface area contributed by atoms with Crippen LogP contribution in [0.15, 0.2) is 0 Å². The van der Waals surface area contributed by atoms with E-state index in [1.165, 1.54) is 6.92 Å². The fourth-order valence-electron chi connectivity index (χ4n) is 1.55. The molecule has 0 bridgehead atoms. The van der Waals surface area contributed by atoms with E-state index in [0.29, 0.717) is 38.6 Å². The van der Waals surface area contributed by atoms with Crippen molar-refractivity contribution in [3.05, 3.63) is 0 Å². The number of carbonyl (C=O) groups excluding carboxylic acids is 2. The molecule has 0 aromatic heterocycles. The van der Waals surface area contributed by atoms with Crippen molar-refractivity contribution >= 4 is 11.7 Å². The molecule has 1 rings (SSSR count). The summed E-state index contributed by atoms with van der Waals surface area (Å²) in [5.41, 5.74) is -1.32. The summed E-state index contributed by atoms with van der Waals surface area (Å²) in [5.74, 6) is -0.108. The average molecular weight is 199 g/mol. The van der Waals surface area contributed by atoms with Gasteiger partial charge >= 0.3 is 0 Å². The molecule has 1 aliphatic heterocycles. The molecule has 14 heavy (non-hydrogen) atoms. The smallest absolute Gasteiger partial charge is 0.251 e. The van der Waals surface area contributed by atoms with Gasteiger partial charge in [-0.05, 0) is 26.2 Å². The highest BCUT2D eigenvalue weighted by molar-refractivity contribution is 5.85. The Morgan fingerprint density at radius 3 is 2.64 bits per heavy atom. The number of carbonyl (C=O) groups is 2. The van der Waals surface area contributed by atoms with E-state index in [0.717, 1.165) is 0 Å². The van der Waals surface area contributed by atoms with Crippen LogP contribution in [-0.4, -0.2) is 28.9 Å². The molecule has 1 saturated heterocycles. The van der Waals surface area contributed by atoms with Crippen LogP contribution < -0.4 is 5.32 Å². The summed E-state index contributed by atoms with van der Waals surface area (Å²) in [6.07, 6.45) is 2.61. The maximum absolute atomic E-state index is 11.4. The fourth-order valence-corrected chi connectivity index (χ4v) is 1.55. The molecule has 4 heteroatoms. The lowest BCUT2D eigenvalue weighted by Gasteiger charge is -2.23. The van der Waals surface area contributed by atoms with Gasteiger partial charge in [-0.3, -0.25) is 9.59 Å². The van der Waals surface area contributed by atoms with Crippen LogP contribution >= 0.6 is 0 Å². The molecule has 0 spiro atoms. The van der Waals surface area contributed by atoms with Gasteiger partial charge in [-0.2, -0.15) is 0 Å². The molecule has 0 aromatic rings. The predicted octanol–water partition coefficient (Wildman–Crippen LogP) is 0.387. The van der Waals surface area contributed by atoms with E-state index in [-0.39, 0.29) is 11.7 Å². The maximum atomic E-state index is 11.4. The molecular weight excluding hydrogens is 182 g/mol. The number of aliphatic hydroxyl groups is 1. The number of hydrogen-bond donors (Lipinski definition) is 2. The zero-order valence-corrected chi connectivity index (χ0v) is 8.51. The van der Waals surface area contributed by atoms with Crippen LogP contribution in [0.5, 0.6) is 0 Å². The Morgan fingerprint density at radius 1 is 1.29 bits per heavy atom. The summed E-state index contributed by atoms with van der Waals surface area (Å²) in [6.45, 7) is 1.97. The zero-order valence-electron chi connectivity index (χ0n) is 8.51. The van der Waals surface area contributed by atoms with Gasteiger partial charge in [0.05, 0.1) is 0 Å².